The Kier molecular flexibility index (Phi) is 6.22. The van der Waals surface area contributed by atoms with Crippen molar-refractivity contribution in [1.29, 1.82) is 0 Å². The van der Waals surface area contributed by atoms with Gasteiger partial charge in [-0.3, -0.25) is 4.90 Å². The van der Waals surface area contributed by atoms with Gasteiger partial charge in [0.25, 0.3) is 0 Å². The Hall–Kier alpha value is -0.900. The average molecular weight is 290 g/mol. The quantitative estimate of drug-likeness (QED) is 0.871. The highest BCUT2D eigenvalue weighted by Gasteiger charge is 2.26. The molecule has 0 radical (unpaired) electrons. The summed E-state index contributed by atoms with van der Waals surface area (Å²) in [5.74, 6) is 0. The minimum atomic E-state index is 0.339. The zero-order valence-electron chi connectivity index (χ0n) is 13.9. The lowest BCUT2D eigenvalue weighted by Crippen LogP contribution is -2.50. The first-order valence-electron chi connectivity index (χ1n) is 8.31. The third-order valence-corrected chi connectivity index (χ3v) is 4.39. The first-order valence-corrected chi connectivity index (χ1v) is 8.31. The van der Waals surface area contributed by atoms with Gasteiger partial charge in [0.05, 0.1) is 12.7 Å². The SMILES string of the molecule is CCNC(CN1CC(C)OCC1C)c1ccc(CC)cc1. The molecular formula is C18H30N2O. The van der Waals surface area contributed by atoms with Crippen LogP contribution in [0.5, 0.6) is 0 Å². The third kappa shape index (κ3) is 4.53. The van der Waals surface area contributed by atoms with Crippen molar-refractivity contribution in [2.45, 2.75) is 52.3 Å². The molecule has 0 bridgehead atoms. The van der Waals surface area contributed by atoms with Crippen LogP contribution in [0.15, 0.2) is 24.3 Å². The Balaban J connectivity index is 2.06. The minimum Gasteiger partial charge on any atom is -0.376 e. The van der Waals surface area contributed by atoms with Gasteiger partial charge in [-0.25, -0.2) is 0 Å². The van der Waals surface area contributed by atoms with E-state index in [1.807, 2.05) is 0 Å². The zero-order valence-corrected chi connectivity index (χ0v) is 13.9. The predicted molar refractivity (Wildman–Crippen MR) is 88.7 cm³/mol. The van der Waals surface area contributed by atoms with Gasteiger partial charge in [0.2, 0.25) is 0 Å². The number of hydrogen-bond acceptors (Lipinski definition) is 3. The van der Waals surface area contributed by atoms with E-state index < -0.39 is 0 Å². The molecule has 21 heavy (non-hydrogen) atoms. The summed E-state index contributed by atoms with van der Waals surface area (Å²) in [4.78, 5) is 2.55. The van der Waals surface area contributed by atoms with Crippen LogP contribution in [-0.4, -0.2) is 43.3 Å². The van der Waals surface area contributed by atoms with Crippen LogP contribution in [0.4, 0.5) is 0 Å². The Morgan fingerprint density at radius 2 is 1.95 bits per heavy atom. The van der Waals surface area contributed by atoms with Crippen LogP contribution in [0.3, 0.4) is 0 Å². The van der Waals surface area contributed by atoms with Gasteiger partial charge in [-0.15, -0.1) is 0 Å². The first-order chi connectivity index (χ1) is 10.1. The van der Waals surface area contributed by atoms with E-state index in [1.54, 1.807) is 0 Å². The molecule has 118 valence electrons. The summed E-state index contributed by atoms with van der Waals surface area (Å²) in [6, 6.07) is 9.96. The topological polar surface area (TPSA) is 24.5 Å². The van der Waals surface area contributed by atoms with Crippen molar-refractivity contribution in [3.8, 4) is 0 Å². The average Bonchev–Trinajstić information content (AvgIpc) is 2.50. The lowest BCUT2D eigenvalue weighted by Gasteiger charge is -2.39. The third-order valence-electron chi connectivity index (χ3n) is 4.39. The zero-order chi connectivity index (χ0) is 15.2. The molecule has 0 saturated carbocycles. The standard InChI is InChI=1S/C18H30N2O/c1-5-16-7-9-17(10-8-16)18(19-6-2)12-20-11-15(4)21-13-14(20)3/h7-10,14-15,18-19H,5-6,11-13H2,1-4H3. The Morgan fingerprint density at radius 3 is 2.57 bits per heavy atom. The van der Waals surface area contributed by atoms with Crippen LogP contribution in [0.25, 0.3) is 0 Å². The number of likely N-dealkylation sites (N-methyl/N-ethyl adjacent to an activating group) is 1. The number of hydrogen-bond donors (Lipinski definition) is 1. The smallest absolute Gasteiger partial charge is 0.0674 e. The molecule has 1 aliphatic rings. The monoisotopic (exact) mass is 290 g/mol. The molecule has 2 rings (SSSR count). The number of morpholine rings is 1. The lowest BCUT2D eigenvalue weighted by atomic mass is 10.0. The lowest BCUT2D eigenvalue weighted by molar-refractivity contribution is -0.0521. The molecule has 0 amide bonds. The van der Waals surface area contributed by atoms with Crippen molar-refractivity contribution in [1.82, 2.24) is 10.2 Å². The summed E-state index contributed by atoms with van der Waals surface area (Å²) in [6.07, 6.45) is 1.44. The summed E-state index contributed by atoms with van der Waals surface area (Å²) >= 11 is 0. The number of ether oxygens (including phenoxy) is 1. The largest absolute Gasteiger partial charge is 0.376 e. The van der Waals surface area contributed by atoms with Crippen molar-refractivity contribution in [2.24, 2.45) is 0 Å². The molecule has 1 fully saturated rings. The highest BCUT2D eigenvalue weighted by molar-refractivity contribution is 5.25. The van der Waals surface area contributed by atoms with Crippen LogP contribution in [0, 0.1) is 0 Å². The molecule has 1 aromatic rings. The van der Waals surface area contributed by atoms with Crippen molar-refractivity contribution < 1.29 is 4.74 Å². The maximum atomic E-state index is 5.74. The fourth-order valence-corrected chi connectivity index (χ4v) is 2.98. The molecule has 0 aliphatic carbocycles. The summed E-state index contributed by atoms with van der Waals surface area (Å²) in [5.41, 5.74) is 2.79. The molecule has 0 aromatic heterocycles. The van der Waals surface area contributed by atoms with E-state index in [4.69, 9.17) is 4.74 Å². The van der Waals surface area contributed by atoms with Crippen LogP contribution < -0.4 is 5.32 Å². The number of nitrogens with zero attached hydrogens (tertiary/aromatic N) is 1. The number of nitrogens with one attached hydrogen (secondary N) is 1. The van der Waals surface area contributed by atoms with E-state index in [0.717, 1.165) is 32.7 Å². The highest BCUT2D eigenvalue weighted by Crippen LogP contribution is 2.19. The molecule has 3 atom stereocenters. The molecule has 1 saturated heterocycles. The molecule has 1 heterocycles. The van der Waals surface area contributed by atoms with E-state index in [1.165, 1.54) is 11.1 Å². The van der Waals surface area contributed by atoms with E-state index in [-0.39, 0.29) is 0 Å². The summed E-state index contributed by atoms with van der Waals surface area (Å²) in [5, 5.41) is 3.64. The number of rotatable bonds is 6. The van der Waals surface area contributed by atoms with Crippen LogP contribution in [-0.2, 0) is 11.2 Å². The normalized spacial score (nSPS) is 25.0. The van der Waals surface area contributed by atoms with Gasteiger partial charge >= 0.3 is 0 Å². The molecule has 3 heteroatoms. The van der Waals surface area contributed by atoms with Crippen molar-refractivity contribution in [2.75, 3.05) is 26.2 Å². The van der Waals surface area contributed by atoms with Gasteiger partial charge in [-0.1, -0.05) is 38.1 Å². The van der Waals surface area contributed by atoms with Crippen LogP contribution in [0.2, 0.25) is 0 Å². The molecule has 1 aliphatic heterocycles. The van der Waals surface area contributed by atoms with Gasteiger partial charge in [0.1, 0.15) is 0 Å². The fraction of sp³-hybridized carbons (Fsp3) is 0.667. The molecular weight excluding hydrogens is 260 g/mol. The Morgan fingerprint density at radius 1 is 1.24 bits per heavy atom. The Labute approximate surface area is 129 Å². The maximum Gasteiger partial charge on any atom is 0.0674 e. The molecule has 3 unspecified atom stereocenters. The molecule has 0 spiro atoms. The van der Waals surface area contributed by atoms with Gasteiger partial charge in [-0.05, 0) is 37.9 Å². The number of benzene rings is 1. The summed E-state index contributed by atoms with van der Waals surface area (Å²) < 4.78 is 5.74. The van der Waals surface area contributed by atoms with Gasteiger partial charge < -0.3 is 10.1 Å². The van der Waals surface area contributed by atoms with E-state index >= 15 is 0 Å². The summed E-state index contributed by atoms with van der Waals surface area (Å²) in [7, 11) is 0. The second-order valence-electron chi connectivity index (χ2n) is 6.15. The van der Waals surface area contributed by atoms with E-state index in [0.29, 0.717) is 18.2 Å². The predicted octanol–water partition coefficient (Wildman–Crippen LogP) is 3.01. The van der Waals surface area contributed by atoms with Gasteiger partial charge in [0, 0.05) is 25.2 Å². The summed E-state index contributed by atoms with van der Waals surface area (Å²) in [6.45, 7) is 12.7. The first kappa shape index (κ1) is 16.5. The van der Waals surface area contributed by atoms with Crippen LogP contribution in [0.1, 0.15) is 44.9 Å². The van der Waals surface area contributed by atoms with E-state index in [9.17, 15) is 0 Å². The maximum absolute atomic E-state index is 5.74. The van der Waals surface area contributed by atoms with Crippen molar-refractivity contribution >= 4 is 0 Å². The van der Waals surface area contributed by atoms with Gasteiger partial charge in [0.15, 0.2) is 0 Å². The molecule has 1 N–H and O–H groups in total. The van der Waals surface area contributed by atoms with Crippen LogP contribution >= 0.6 is 0 Å². The number of aryl methyl sites for hydroxylation is 1. The fourth-order valence-electron chi connectivity index (χ4n) is 2.98. The van der Waals surface area contributed by atoms with Crippen molar-refractivity contribution in [3.63, 3.8) is 0 Å². The highest BCUT2D eigenvalue weighted by atomic mass is 16.5. The second-order valence-corrected chi connectivity index (χ2v) is 6.15. The van der Waals surface area contributed by atoms with Gasteiger partial charge in [-0.2, -0.15) is 0 Å². The molecule has 3 nitrogen and oxygen atoms in total. The Bertz CT molecular complexity index is 418. The van der Waals surface area contributed by atoms with E-state index in [2.05, 4.69) is 62.2 Å². The molecule has 1 aromatic carbocycles. The minimum absolute atomic E-state index is 0.339. The second kappa shape index (κ2) is 7.92. The van der Waals surface area contributed by atoms with Crippen molar-refractivity contribution in [3.05, 3.63) is 35.4 Å².